The average molecular weight is 333 g/mol. The minimum atomic E-state index is -0.425. The number of hydrogen-bond acceptors (Lipinski definition) is 2. The van der Waals surface area contributed by atoms with E-state index in [1.807, 2.05) is 13.0 Å². The van der Waals surface area contributed by atoms with E-state index >= 15 is 0 Å². The molecule has 1 N–H and O–H groups in total. The monoisotopic (exact) mass is 331 g/mol. The van der Waals surface area contributed by atoms with Gasteiger partial charge in [0.2, 0.25) is 0 Å². The fourth-order valence-corrected chi connectivity index (χ4v) is 2.41. The van der Waals surface area contributed by atoms with Crippen LogP contribution in [0.4, 0.5) is 4.39 Å². The fraction of sp³-hybridized carbons (Fsp3) is 0.231. The average Bonchev–Trinajstić information content (AvgIpc) is 2.77. The lowest BCUT2D eigenvalue weighted by Gasteiger charge is -2.17. The molecule has 0 saturated heterocycles. The molecular weight excluding hydrogens is 321 g/mol. The van der Waals surface area contributed by atoms with Gasteiger partial charge in [0.05, 0.1) is 17.3 Å². The first kappa shape index (κ1) is 13.6. The predicted octanol–water partition coefficient (Wildman–Crippen LogP) is 4.45. The number of rotatable bonds is 3. The lowest BCUT2D eigenvalue weighted by atomic mass is 9.99. The van der Waals surface area contributed by atoms with Crippen LogP contribution in [0, 0.1) is 12.7 Å². The van der Waals surface area contributed by atoms with Gasteiger partial charge in [-0.25, -0.2) is 4.39 Å². The topological polar surface area (TPSA) is 25.2 Å². The van der Waals surface area contributed by atoms with Gasteiger partial charge < -0.3 is 9.73 Å². The van der Waals surface area contributed by atoms with Gasteiger partial charge >= 0.3 is 0 Å². The van der Waals surface area contributed by atoms with Crippen LogP contribution in [0.15, 0.2) is 33.4 Å². The van der Waals surface area contributed by atoms with Crippen molar-refractivity contribution in [3.63, 3.8) is 0 Å². The molecule has 2 rings (SSSR count). The number of aryl methyl sites for hydroxylation is 1. The van der Waals surface area contributed by atoms with E-state index in [-0.39, 0.29) is 11.1 Å². The number of nitrogens with one attached hydrogen (secondary N) is 1. The van der Waals surface area contributed by atoms with Crippen molar-refractivity contribution < 1.29 is 8.81 Å². The Morgan fingerprint density at radius 2 is 2.06 bits per heavy atom. The Bertz CT molecular complexity index is 570. The van der Waals surface area contributed by atoms with Crippen LogP contribution in [0.25, 0.3) is 0 Å². The van der Waals surface area contributed by atoms with Crippen LogP contribution in [-0.2, 0) is 0 Å². The number of benzene rings is 1. The first-order chi connectivity index (χ1) is 8.56. The zero-order valence-electron chi connectivity index (χ0n) is 9.93. The second-order valence-corrected chi connectivity index (χ2v) is 5.15. The Balaban J connectivity index is 2.53. The first-order valence-corrected chi connectivity index (χ1v) is 6.58. The van der Waals surface area contributed by atoms with Crippen molar-refractivity contribution in [1.29, 1.82) is 0 Å². The lowest BCUT2D eigenvalue weighted by Crippen LogP contribution is -2.19. The Morgan fingerprint density at radius 3 is 2.61 bits per heavy atom. The highest BCUT2D eigenvalue weighted by Crippen LogP contribution is 2.33. The van der Waals surface area contributed by atoms with Gasteiger partial charge in [-0.15, -0.1) is 0 Å². The smallest absolute Gasteiger partial charge is 0.148 e. The van der Waals surface area contributed by atoms with E-state index in [1.54, 1.807) is 25.4 Å². The van der Waals surface area contributed by atoms with Crippen LogP contribution in [0.3, 0.4) is 0 Å². The summed E-state index contributed by atoms with van der Waals surface area (Å²) in [6.07, 6.45) is 1.59. The van der Waals surface area contributed by atoms with Crippen LogP contribution in [0.2, 0.25) is 5.02 Å². The molecule has 1 aromatic heterocycles. The molecule has 2 nitrogen and oxygen atoms in total. The normalized spacial score (nSPS) is 12.7. The molecule has 0 fully saturated rings. The lowest BCUT2D eigenvalue weighted by molar-refractivity contribution is 0.518. The molecule has 18 heavy (non-hydrogen) atoms. The third-order valence-corrected chi connectivity index (χ3v) is 4.13. The van der Waals surface area contributed by atoms with Crippen LogP contribution in [0.1, 0.15) is 22.9 Å². The molecule has 0 radical (unpaired) electrons. The second-order valence-electron chi connectivity index (χ2n) is 3.92. The molecule has 0 aliphatic heterocycles. The zero-order valence-corrected chi connectivity index (χ0v) is 12.3. The molecule has 0 aliphatic rings. The highest BCUT2D eigenvalue weighted by Gasteiger charge is 2.21. The van der Waals surface area contributed by atoms with Crippen molar-refractivity contribution in [1.82, 2.24) is 5.32 Å². The predicted molar refractivity (Wildman–Crippen MR) is 73.5 cm³/mol. The van der Waals surface area contributed by atoms with Crippen molar-refractivity contribution in [2.45, 2.75) is 13.0 Å². The molecule has 0 saturated carbocycles. The number of halogens is 3. The fourth-order valence-electron chi connectivity index (χ4n) is 1.94. The summed E-state index contributed by atoms with van der Waals surface area (Å²) in [5.41, 5.74) is 1.39. The number of hydrogen-bond donors (Lipinski definition) is 1. The molecule has 0 spiro atoms. The first-order valence-electron chi connectivity index (χ1n) is 5.41. The Morgan fingerprint density at radius 1 is 1.33 bits per heavy atom. The third kappa shape index (κ3) is 2.32. The third-order valence-electron chi connectivity index (χ3n) is 2.87. The minimum absolute atomic E-state index is 0.0916. The number of furan rings is 1. The molecule has 0 bridgehead atoms. The van der Waals surface area contributed by atoms with Gasteiger partial charge in [0.25, 0.3) is 0 Å². The van der Waals surface area contributed by atoms with E-state index < -0.39 is 5.82 Å². The summed E-state index contributed by atoms with van der Waals surface area (Å²) in [6.45, 7) is 1.85. The second kappa shape index (κ2) is 5.43. The maximum absolute atomic E-state index is 14.2. The molecule has 1 heterocycles. The largest absolute Gasteiger partial charge is 0.469 e. The van der Waals surface area contributed by atoms with Crippen LogP contribution < -0.4 is 5.32 Å². The van der Waals surface area contributed by atoms with Crippen LogP contribution in [0.5, 0.6) is 0 Å². The Labute approximate surface area is 118 Å². The zero-order chi connectivity index (χ0) is 13.3. The van der Waals surface area contributed by atoms with Gasteiger partial charge in [-0.2, -0.15) is 0 Å². The minimum Gasteiger partial charge on any atom is -0.469 e. The maximum atomic E-state index is 14.2. The van der Waals surface area contributed by atoms with Crippen molar-refractivity contribution in [2.24, 2.45) is 0 Å². The summed E-state index contributed by atoms with van der Waals surface area (Å²) in [6, 6.07) is 4.99. The van der Waals surface area contributed by atoms with Gasteiger partial charge in [0.1, 0.15) is 11.6 Å². The van der Waals surface area contributed by atoms with E-state index in [0.717, 1.165) is 11.3 Å². The molecule has 0 amide bonds. The molecular formula is C13H12BrClFNO. The maximum Gasteiger partial charge on any atom is 0.148 e. The van der Waals surface area contributed by atoms with E-state index in [9.17, 15) is 4.39 Å². The van der Waals surface area contributed by atoms with Crippen molar-refractivity contribution in [2.75, 3.05) is 7.05 Å². The van der Waals surface area contributed by atoms with E-state index in [4.69, 9.17) is 16.0 Å². The van der Waals surface area contributed by atoms with Gasteiger partial charge in [-0.3, -0.25) is 0 Å². The molecule has 1 aromatic carbocycles. The quantitative estimate of drug-likeness (QED) is 0.840. The summed E-state index contributed by atoms with van der Waals surface area (Å²) in [5, 5.41) is 3.17. The standard InChI is InChI=1S/C13H12BrClFNO/c1-7-8(5-6-18-7)13(17-2)9-3-4-10(14)11(15)12(9)16/h3-6,13,17H,1-2H3. The summed E-state index contributed by atoms with van der Waals surface area (Å²) >= 11 is 9.12. The Kier molecular flexibility index (Phi) is 4.10. The Hall–Kier alpha value is -0.840. The van der Waals surface area contributed by atoms with Crippen LogP contribution in [-0.4, -0.2) is 7.05 Å². The summed E-state index contributed by atoms with van der Waals surface area (Å²) in [5.74, 6) is 0.332. The van der Waals surface area contributed by atoms with E-state index in [1.165, 1.54) is 0 Å². The van der Waals surface area contributed by atoms with E-state index in [0.29, 0.717) is 10.0 Å². The summed E-state index contributed by atoms with van der Waals surface area (Å²) in [7, 11) is 1.77. The molecule has 5 heteroatoms. The summed E-state index contributed by atoms with van der Waals surface area (Å²) in [4.78, 5) is 0. The van der Waals surface area contributed by atoms with Crippen molar-refractivity contribution in [3.8, 4) is 0 Å². The molecule has 1 unspecified atom stereocenters. The van der Waals surface area contributed by atoms with Gasteiger partial charge in [0, 0.05) is 15.6 Å². The van der Waals surface area contributed by atoms with Crippen LogP contribution >= 0.6 is 27.5 Å². The van der Waals surface area contributed by atoms with Crippen molar-refractivity contribution >= 4 is 27.5 Å². The highest BCUT2D eigenvalue weighted by molar-refractivity contribution is 9.10. The SMILES string of the molecule is CNC(c1ccoc1C)c1ccc(Br)c(Cl)c1F. The summed E-state index contributed by atoms with van der Waals surface area (Å²) < 4.78 is 20.0. The van der Waals surface area contributed by atoms with Gasteiger partial charge in [-0.05, 0) is 42.0 Å². The molecule has 2 aromatic rings. The van der Waals surface area contributed by atoms with E-state index in [2.05, 4.69) is 21.2 Å². The molecule has 96 valence electrons. The van der Waals surface area contributed by atoms with Gasteiger partial charge in [-0.1, -0.05) is 17.7 Å². The van der Waals surface area contributed by atoms with Gasteiger partial charge in [0.15, 0.2) is 0 Å². The highest BCUT2D eigenvalue weighted by atomic mass is 79.9. The molecule has 0 aliphatic carbocycles. The molecule has 1 atom stereocenters. The van der Waals surface area contributed by atoms with Crippen molar-refractivity contribution in [3.05, 3.63) is 56.7 Å².